The second kappa shape index (κ2) is 5.54. The molecule has 0 amide bonds. The van der Waals surface area contributed by atoms with Gasteiger partial charge in [0.2, 0.25) is 0 Å². The zero-order valence-corrected chi connectivity index (χ0v) is 11.8. The largest absolute Gasteiger partial charge is 0.481 e. The molecule has 0 spiro atoms. The molecule has 0 saturated carbocycles. The molecule has 108 valence electrons. The average molecular weight is 275 g/mol. The van der Waals surface area contributed by atoms with E-state index in [-0.39, 0.29) is 18.0 Å². The van der Waals surface area contributed by atoms with E-state index in [1.54, 1.807) is 0 Å². The van der Waals surface area contributed by atoms with Gasteiger partial charge < -0.3 is 9.84 Å². The highest BCUT2D eigenvalue weighted by Crippen LogP contribution is 2.35. The molecule has 2 aliphatic rings. The zero-order chi connectivity index (χ0) is 14.1. The van der Waals surface area contributed by atoms with Gasteiger partial charge in [-0.3, -0.25) is 9.69 Å². The first-order valence-corrected chi connectivity index (χ1v) is 7.31. The van der Waals surface area contributed by atoms with E-state index in [0.717, 1.165) is 19.4 Å². The molecule has 0 radical (unpaired) electrons. The summed E-state index contributed by atoms with van der Waals surface area (Å²) in [6.07, 6.45) is 1.46. The van der Waals surface area contributed by atoms with Crippen LogP contribution in [0, 0.1) is 5.92 Å². The number of likely N-dealkylation sites (tertiary alicyclic amines) is 1. The Morgan fingerprint density at radius 2 is 2.20 bits per heavy atom. The highest BCUT2D eigenvalue weighted by Gasteiger charge is 2.35. The molecule has 1 aromatic rings. The van der Waals surface area contributed by atoms with E-state index in [2.05, 4.69) is 30.0 Å². The number of piperidine rings is 1. The summed E-state index contributed by atoms with van der Waals surface area (Å²) in [4.78, 5) is 13.6. The summed E-state index contributed by atoms with van der Waals surface area (Å²) in [5.41, 5.74) is 2.61. The minimum atomic E-state index is -0.656. The van der Waals surface area contributed by atoms with Crippen molar-refractivity contribution < 1.29 is 14.6 Å². The molecule has 0 aliphatic carbocycles. The van der Waals surface area contributed by atoms with Gasteiger partial charge in [-0.05, 0) is 37.4 Å². The molecule has 0 aromatic heterocycles. The number of benzene rings is 1. The Balaban J connectivity index is 1.79. The first kappa shape index (κ1) is 13.6. The van der Waals surface area contributed by atoms with Crippen LogP contribution in [0.2, 0.25) is 0 Å². The summed E-state index contributed by atoms with van der Waals surface area (Å²) in [6.45, 7) is 4.36. The Labute approximate surface area is 119 Å². The van der Waals surface area contributed by atoms with Crippen LogP contribution in [0.5, 0.6) is 0 Å². The molecule has 2 heterocycles. The summed E-state index contributed by atoms with van der Waals surface area (Å²) in [5.74, 6) is -0.849. The summed E-state index contributed by atoms with van der Waals surface area (Å²) in [6, 6.07) is 8.97. The van der Waals surface area contributed by atoms with E-state index in [1.807, 2.05) is 6.07 Å². The van der Waals surface area contributed by atoms with E-state index >= 15 is 0 Å². The van der Waals surface area contributed by atoms with Crippen LogP contribution in [0.25, 0.3) is 0 Å². The fourth-order valence-electron chi connectivity index (χ4n) is 3.51. The van der Waals surface area contributed by atoms with Crippen LogP contribution in [0.4, 0.5) is 0 Å². The quantitative estimate of drug-likeness (QED) is 0.900. The molecule has 3 unspecified atom stereocenters. The number of carboxylic acids is 1. The molecule has 4 nitrogen and oxygen atoms in total. The molecule has 0 bridgehead atoms. The van der Waals surface area contributed by atoms with Crippen LogP contribution >= 0.6 is 0 Å². The molecule has 1 N–H and O–H groups in total. The van der Waals surface area contributed by atoms with Crippen molar-refractivity contribution in [1.82, 2.24) is 4.90 Å². The second-order valence-corrected chi connectivity index (χ2v) is 5.88. The Morgan fingerprint density at radius 3 is 2.95 bits per heavy atom. The number of rotatable bonds is 2. The maximum absolute atomic E-state index is 11.1. The minimum absolute atomic E-state index is 0.194. The number of carboxylic acid groups (broad SMARTS) is 1. The first-order chi connectivity index (χ1) is 9.66. The highest BCUT2D eigenvalue weighted by molar-refractivity contribution is 5.70. The third kappa shape index (κ3) is 2.45. The summed E-state index contributed by atoms with van der Waals surface area (Å²) >= 11 is 0. The fraction of sp³-hybridized carbons (Fsp3) is 0.562. The van der Waals surface area contributed by atoms with Gasteiger partial charge in [0.1, 0.15) is 0 Å². The summed E-state index contributed by atoms with van der Waals surface area (Å²) in [5, 5.41) is 9.17. The molecule has 3 rings (SSSR count). The number of aliphatic carboxylic acids is 1. The van der Waals surface area contributed by atoms with Crippen molar-refractivity contribution in [2.24, 2.45) is 5.92 Å². The van der Waals surface area contributed by atoms with Gasteiger partial charge in [0.25, 0.3) is 0 Å². The van der Waals surface area contributed by atoms with Crippen molar-refractivity contribution in [2.45, 2.75) is 38.5 Å². The SMILES string of the molecule is CC1CC(C(=O)O)CCN1C1COCc2ccccc21. The van der Waals surface area contributed by atoms with Gasteiger partial charge in [-0.25, -0.2) is 0 Å². The Kier molecular flexibility index (Phi) is 3.76. The van der Waals surface area contributed by atoms with Gasteiger partial charge in [-0.2, -0.15) is 0 Å². The maximum Gasteiger partial charge on any atom is 0.306 e. The van der Waals surface area contributed by atoms with E-state index in [4.69, 9.17) is 9.84 Å². The number of hydrogen-bond acceptors (Lipinski definition) is 3. The first-order valence-electron chi connectivity index (χ1n) is 7.31. The molecule has 1 fully saturated rings. The Hall–Kier alpha value is -1.39. The van der Waals surface area contributed by atoms with Crippen LogP contribution in [-0.2, 0) is 16.1 Å². The fourth-order valence-corrected chi connectivity index (χ4v) is 3.51. The van der Waals surface area contributed by atoms with Crippen LogP contribution in [0.15, 0.2) is 24.3 Å². The standard InChI is InChI=1S/C16H21NO3/c1-11-8-12(16(18)19)6-7-17(11)15-10-20-9-13-4-2-3-5-14(13)15/h2-5,11-12,15H,6-10H2,1H3,(H,18,19). The van der Waals surface area contributed by atoms with Crippen molar-refractivity contribution in [2.75, 3.05) is 13.2 Å². The molecule has 4 heteroatoms. The molecule has 1 aromatic carbocycles. The third-order valence-corrected chi connectivity index (χ3v) is 4.62. The van der Waals surface area contributed by atoms with Crippen LogP contribution < -0.4 is 0 Å². The lowest BCUT2D eigenvalue weighted by Gasteiger charge is -2.43. The predicted octanol–water partition coefficient (Wildman–Crippen LogP) is 2.44. The number of hydrogen-bond donors (Lipinski definition) is 1. The van der Waals surface area contributed by atoms with Crippen molar-refractivity contribution >= 4 is 5.97 Å². The van der Waals surface area contributed by atoms with Gasteiger partial charge >= 0.3 is 5.97 Å². The monoisotopic (exact) mass is 275 g/mol. The lowest BCUT2D eigenvalue weighted by molar-refractivity contribution is -0.144. The normalized spacial score (nSPS) is 30.8. The van der Waals surface area contributed by atoms with Crippen molar-refractivity contribution in [3.63, 3.8) is 0 Å². The van der Waals surface area contributed by atoms with Gasteiger partial charge in [0.15, 0.2) is 0 Å². The number of carbonyl (C=O) groups is 1. The van der Waals surface area contributed by atoms with Gasteiger partial charge in [0, 0.05) is 6.04 Å². The molecule has 2 aliphatic heterocycles. The smallest absolute Gasteiger partial charge is 0.306 e. The molecule has 20 heavy (non-hydrogen) atoms. The van der Waals surface area contributed by atoms with E-state index < -0.39 is 5.97 Å². The van der Waals surface area contributed by atoms with Gasteiger partial charge in [-0.1, -0.05) is 24.3 Å². The average Bonchev–Trinajstić information content (AvgIpc) is 2.46. The van der Waals surface area contributed by atoms with Crippen molar-refractivity contribution in [3.05, 3.63) is 35.4 Å². The topological polar surface area (TPSA) is 49.8 Å². The third-order valence-electron chi connectivity index (χ3n) is 4.62. The zero-order valence-electron chi connectivity index (χ0n) is 11.8. The summed E-state index contributed by atoms with van der Waals surface area (Å²) < 4.78 is 5.73. The van der Waals surface area contributed by atoms with E-state index in [1.165, 1.54) is 11.1 Å². The predicted molar refractivity (Wildman–Crippen MR) is 75.4 cm³/mol. The van der Waals surface area contributed by atoms with E-state index in [0.29, 0.717) is 13.2 Å². The van der Waals surface area contributed by atoms with Gasteiger partial charge in [0.05, 0.1) is 25.2 Å². The minimum Gasteiger partial charge on any atom is -0.481 e. The van der Waals surface area contributed by atoms with Gasteiger partial charge in [-0.15, -0.1) is 0 Å². The lowest BCUT2D eigenvalue weighted by atomic mass is 9.88. The number of fused-ring (bicyclic) bond motifs is 1. The van der Waals surface area contributed by atoms with Crippen molar-refractivity contribution in [3.8, 4) is 0 Å². The molecular formula is C16H21NO3. The van der Waals surface area contributed by atoms with Crippen molar-refractivity contribution in [1.29, 1.82) is 0 Å². The number of nitrogens with zero attached hydrogens (tertiary/aromatic N) is 1. The molecule has 3 atom stereocenters. The van der Waals surface area contributed by atoms with Crippen LogP contribution in [0.1, 0.15) is 36.9 Å². The lowest BCUT2D eigenvalue weighted by Crippen LogP contribution is -2.46. The van der Waals surface area contributed by atoms with Crippen LogP contribution in [-0.4, -0.2) is 35.2 Å². The maximum atomic E-state index is 11.1. The Morgan fingerprint density at radius 1 is 1.40 bits per heavy atom. The number of ether oxygens (including phenoxy) is 1. The van der Waals surface area contributed by atoms with E-state index in [9.17, 15) is 4.79 Å². The molecular weight excluding hydrogens is 254 g/mol. The van der Waals surface area contributed by atoms with Crippen LogP contribution in [0.3, 0.4) is 0 Å². The highest BCUT2D eigenvalue weighted by atomic mass is 16.5. The summed E-state index contributed by atoms with van der Waals surface area (Å²) in [7, 11) is 0. The second-order valence-electron chi connectivity index (χ2n) is 5.88. The molecule has 1 saturated heterocycles. The Bertz CT molecular complexity index is 502.